The van der Waals surface area contributed by atoms with Gasteiger partial charge in [0, 0.05) is 25.2 Å². The number of nitrogens with zero attached hydrogens (tertiary/aromatic N) is 2. The summed E-state index contributed by atoms with van der Waals surface area (Å²) in [5.74, 6) is -1.06. The molecule has 3 atom stereocenters. The lowest BCUT2D eigenvalue weighted by Gasteiger charge is -2.35. The molecule has 3 nitrogen and oxygen atoms in total. The van der Waals surface area contributed by atoms with Gasteiger partial charge in [0.1, 0.15) is 0 Å². The Hall–Kier alpha value is -1.04. The van der Waals surface area contributed by atoms with E-state index >= 15 is 0 Å². The second-order valence-corrected chi connectivity index (χ2v) is 6.17. The molecule has 1 N–H and O–H groups in total. The third kappa shape index (κ3) is 3.99. The third-order valence-electron chi connectivity index (χ3n) is 4.65. The number of hydrogen-bond donors (Lipinski definition) is 1. The van der Waals surface area contributed by atoms with Gasteiger partial charge in [0.05, 0.1) is 11.6 Å². The Morgan fingerprint density at radius 3 is 2.67 bits per heavy atom. The predicted octanol–water partition coefficient (Wildman–Crippen LogP) is 3.23. The van der Waals surface area contributed by atoms with E-state index in [1.807, 2.05) is 31.8 Å². The van der Waals surface area contributed by atoms with Gasteiger partial charge in [-0.15, -0.1) is 0 Å². The lowest BCUT2D eigenvalue weighted by Crippen LogP contribution is -2.41. The number of halogens is 3. The first-order valence-electron chi connectivity index (χ1n) is 7.54. The van der Waals surface area contributed by atoms with Crippen LogP contribution in [0, 0.1) is 18.8 Å². The molecule has 0 radical (unpaired) electrons. The third-order valence-corrected chi connectivity index (χ3v) is 4.65. The van der Waals surface area contributed by atoms with Gasteiger partial charge in [-0.3, -0.25) is 4.68 Å². The molecule has 0 bridgehead atoms. The molecule has 1 saturated carbocycles. The van der Waals surface area contributed by atoms with Crippen LogP contribution < -0.4 is 5.32 Å². The normalized spacial score (nSPS) is 25.0. The van der Waals surface area contributed by atoms with Crippen LogP contribution in [0.25, 0.3) is 0 Å². The van der Waals surface area contributed by atoms with E-state index in [1.54, 1.807) is 0 Å². The standard InChI is InChI=1S/C15H24F3N3/c1-10-7-13(21(3)20-10)9-14(19-2)11-5-4-6-12(8-11)15(16,17)18/h7,11-12,14,19H,4-6,8-9H2,1-3H3. The zero-order chi connectivity index (χ0) is 15.6. The quantitative estimate of drug-likeness (QED) is 0.925. The lowest BCUT2D eigenvalue weighted by molar-refractivity contribution is -0.186. The lowest BCUT2D eigenvalue weighted by atomic mass is 9.76. The van der Waals surface area contributed by atoms with Gasteiger partial charge in [-0.2, -0.15) is 18.3 Å². The minimum atomic E-state index is -4.06. The van der Waals surface area contributed by atoms with Crippen LogP contribution in [0.2, 0.25) is 0 Å². The molecule has 120 valence electrons. The van der Waals surface area contributed by atoms with Crippen molar-refractivity contribution in [2.24, 2.45) is 18.9 Å². The van der Waals surface area contributed by atoms with Gasteiger partial charge < -0.3 is 5.32 Å². The van der Waals surface area contributed by atoms with E-state index in [-0.39, 0.29) is 24.8 Å². The molecule has 2 rings (SSSR count). The van der Waals surface area contributed by atoms with Crippen LogP contribution in [0.15, 0.2) is 6.07 Å². The first-order valence-corrected chi connectivity index (χ1v) is 7.54. The number of likely N-dealkylation sites (N-methyl/N-ethyl adjacent to an activating group) is 1. The monoisotopic (exact) mass is 303 g/mol. The summed E-state index contributed by atoms with van der Waals surface area (Å²) in [6, 6.07) is 2.08. The van der Waals surface area contributed by atoms with Crippen molar-refractivity contribution in [3.63, 3.8) is 0 Å². The highest BCUT2D eigenvalue weighted by molar-refractivity contribution is 5.10. The Labute approximate surface area is 123 Å². The molecular formula is C15H24F3N3. The van der Waals surface area contributed by atoms with Crippen molar-refractivity contribution in [1.82, 2.24) is 15.1 Å². The number of hydrogen-bond acceptors (Lipinski definition) is 2. The van der Waals surface area contributed by atoms with Crippen molar-refractivity contribution in [2.45, 2.75) is 51.2 Å². The Kier molecular flexibility index (Phi) is 4.96. The van der Waals surface area contributed by atoms with E-state index in [4.69, 9.17) is 0 Å². The summed E-state index contributed by atoms with van der Waals surface area (Å²) in [6.45, 7) is 1.93. The maximum atomic E-state index is 12.9. The first-order chi connectivity index (χ1) is 9.81. The number of alkyl halides is 3. The largest absolute Gasteiger partial charge is 0.391 e. The SMILES string of the molecule is CNC(Cc1cc(C)nn1C)C1CCCC(C(F)(F)F)C1. The van der Waals surface area contributed by atoms with E-state index in [2.05, 4.69) is 10.4 Å². The number of aromatic nitrogens is 2. The van der Waals surface area contributed by atoms with Crippen LogP contribution in [-0.4, -0.2) is 29.0 Å². The molecule has 21 heavy (non-hydrogen) atoms. The molecule has 1 aliphatic rings. The highest BCUT2D eigenvalue weighted by Gasteiger charge is 2.43. The molecule has 1 heterocycles. The average Bonchev–Trinajstić information content (AvgIpc) is 2.73. The highest BCUT2D eigenvalue weighted by Crippen LogP contribution is 2.41. The van der Waals surface area contributed by atoms with Crippen molar-refractivity contribution >= 4 is 0 Å². The van der Waals surface area contributed by atoms with Crippen molar-refractivity contribution in [2.75, 3.05) is 7.05 Å². The second-order valence-electron chi connectivity index (χ2n) is 6.17. The van der Waals surface area contributed by atoms with Crippen molar-refractivity contribution < 1.29 is 13.2 Å². The number of rotatable bonds is 4. The van der Waals surface area contributed by atoms with Crippen molar-refractivity contribution in [3.8, 4) is 0 Å². The molecule has 0 saturated heterocycles. The topological polar surface area (TPSA) is 29.9 Å². The Morgan fingerprint density at radius 1 is 1.43 bits per heavy atom. The predicted molar refractivity (Wildman–Crippen MR) is 76.0 cm³/mol. The van der Waals surface area contributed by atoms with Crippen LogP contribution in [0.5, 0.6) is 0 Å². The van der Waals surface area contributed by atoms with Crippen LogP contribution in [0.3, 0.4) is 0 Å². The van der Waals surface area contributed by atoms with E-state index in [9.17, 15) is 13.2 Å². The summed E-state index contributed by atoms with van der Waals surface area (Å²) in [6.07, 6.45) is -1.28. The summed E-state index contributed by atoms with van der Waals surface area (Å²) < 4.78 is 40.6. The Morgan fingerprint density at radius 2 is 2.14 bits per heavy atom. The molecular weight excluding hydrogens is 279 g/mol. The molecule has 0 spiro atoms. The molecule has 1 aromatic heterocycles. The average molecular weight is 303 g/mol. The summed E-state index contributed by atoms with van der Waals surface area (Å²) in [5.41, 5.74) is 2.01. The van der Waals surface area contributed by atoms with Gasteiger partial charge >= 0.3 is 6.18 Å². The molecule has 0 aromatic carbocycles. The van der Waals surface area contributed by atoms with E-state index in [0.29, 0.717) is 6.42 Å². The maximum Gasteiger partial charge on any atom is 0.391 e. The number of aryl methyl sites for hydroxylation is 2. The zero-order valence-corrected chi connectivity index (χ0v) is 12.9. The molecule has 1 aromatic rings. The summed E-state index contributed by atoms with van der Waals surface area (Å²) in [5, 5.41) is 7.53. The summed E-state index contributed by atoms with van der Waals surface area (Å²) >= 11 is 0. The fourth-order valence-corrected chi connectivity index (χ4v) is 3.48. The van der Waals surface area contributed by atoms with Gasteiger partial charge in [0.25, 0.3) is 0 Å². The smallest absolute Gasteiger partial charge is 0.316 e. The molecule has 6 heteroatoms. The van der Waals surface area contributed by atoms with Crippen LogP contribution in [-0.2, 0) is 13.5 Å². The summed E-state index contributed by atoms with van der Waals surface area (Å²) in [4.78, 5) is 0. The fraction of sp³-hybridized carbons (Fsp3) is 0.800. The molecule has 0 aliphatic heterocycles. The molecule has 0 amide bonds. The molecule has 1 fully saturated rings. The van der Waals surface area contributed by atoms with Gasteiger partial charge in [0.15, 0.2) is 0 Å². The molecule has 1 aliphatic carbocycles. The van der Waals surface area contributed by atoms with Gasteiger partial charge in [-0.05, 0) is 45.2 Å². The van der Waals surface area contributed by atoms with Gasteiger partial charge in [-0.25, -0.2) is 0 Å². The van der Waals surface area contributed by atoms with Crippen LogP contribution >= 0.6 is 0 Å². The number of nitrogens with one attached hydrogen (secondary N) is 1. The van der Waals surface area contributed by atoms with Gasteiger partial charge in [-0.1, -0.05) is 6.42 Å². The second kappa shape index (κ2) is 6.38. The minimum absolute atomic E-state index is 0.0740. The van der Waals surface area contributed by atoms with E-state index in [0.717, 1.165) is 24.2 Å². The van der Waals surface area contributed by atoms with Crippen molar-refractivity contribution in [1.29, 1.82) is 0 Å². The maximum absolute atomic E-state index is 12.9. The Balaban J connectivity index is 2.05. The molecule has 3 unspecified atom stereocenters. The van der Waals surface area contributed by atoms with E-state index < -0.39 is 12.1 Å². The minimum Gasteiger partial charge on any atom is -0.316 e. The van der Waals surface area contributed by atoms with Crippen LogP contribution in [0.1, 0.15) is 37.1 Å². The van der Waals surface area contributed by atoms with Crippen molar-refractivity contribution in [3.05, 3.63) is 17.5 Å². The zero-order valence-electron chi connectivity index (χ0n) is 12.9. The van der Waals surface area contributed by atoms with Gasteiger partial charge in [0.2, 0.25) is 0 Å². The highest BCUT2D eigenvalue weighted by atomic mass is 19.4. The summed E-state index contributed by atoms with van der Waals surface area (Å²) in [7, 11) is 3.72. The Bertz CT molecular complexity index is 467. The first kappa shape index (κ1) is 16.3. The fourth-order valence-electron chi connectivity index (χ4n) is 3.48. The van der Waals surface area contributed by atoms with E-state index in [1.165, 1.54) is 0 Å². The van der Waals surface area contributed by atoms with Crippen LogP contribution in [0.4, 0.5) is 13.2 Å².